The molecule has 0 atom stereocenters. The molecule has 0 amide bonds. The number of benzene rings is 7. The number of rotatable bonds is 1. The molecule has 0 nitrogen and oxygen atoms in total. The third-order valence-electron chi connectivity index (χ3n) is 8.62. The van der Waals surface area contributed by atoms with Crippen LogP contribution in [0.3, 0.4) is 0 Å². The first-order valence-electron chi connectivity index (χ1n) is 13.1. The van der Waals surface area contributed by atoms with Crippen LogP contribution < -0.4 is 10.4 Å². The van der Waals surface area contributed by atoms with Gasteiger partial charge in [0, 0.05) is 0 Å². The summed E-state index contributed by atoms with van der Waals surface area (Å²) in [5.74, 6) is 0. The molecule has 0 aromatic heterocycles. The van der Waals surface area contributed by atoms with Gasteiger partial charge in [-0.3, -0.25) is 0 Å². The van der Waals surface area contributed by atoms with Crippen molar-refractivity contribution in [3.05, 3.63) is 121 Å². The van der Waals surface area contributed by atoms with E-state index in [-0.39, 0.29) is 0 Å². The fourth-order valence-corrected chi connectivity index (χ4v) is 9.92. The van der Waals surface area contributed by atoms with E-state index in [0.29, 0.717) is 0 Å². The van der Waals surface area contributed by atoms with Crippen LogP contribution in [0.1, 0.15) is 0 Å². The van der Waals surface area contributed by atoms with E-state index in [2.05, 4.69) is 134 Å². The molecule has 1 aliphatic heterocycles. The Kier molecular flexibility index (Phi) is 4.19. The fourth-order valence-electron chi connectivity index (χ4n) is 6.83. The first-order valence-corrected chi connectivity index (χ1v) is 16.1. The first-order chi connectivity index (χ1) is 18.1. The molecular formula is C36H26Si. The molecule has 7 aromatic rings. The van der Waals surface area contributed by atoms with Gasteiger partial charge in [-0.2, -0.15) is 0 Å². The van der Waals surface area contributed by atoms with Crippen molar-refractivity contribution >= 4 is 61.5 Å². The molecule has 0 bridgehead atoms. The highest BCUT2D eigenvalue weighted by Crippen LogP contribution is 2.41. The minimum Gasteiger partial charge on any atom is -0.0619 e. The van der Waals surface area contributed by atoms with E-state index >= 15 is 0 Å². The maximum absolute atomic E-state index is 2.51. The predicted octanol–water partition coefficient (Wildman–Crippen LogP) is 8.77. The van der Waals surface area contributed by atoms with Gasteiger partial charge in [-0.25, -0.2) is 0 Å². The summed E-state index contributed by atoms with van der Waals surface area (Å²) in [7, 11) is -1.83. The second-order valence-corrected chi connectivity index (χ2v) is 15.3. The first kappa shape index (κ1) is 20.9. The highest BCUT2D eigenvalue weighted by molar-refractivity contribution is 7.03. The zero-order chi connectivity index (χ0) is 24.7. The van der Waals surface area contributed by atoms with Gasteiger partial charge in [0.2, 0.25) is 0 Å². The van der Waals surface area contributed by atoms with Crippen molar-refractivity contribution in [1.29, 1.82) is 0 Å². The van der Waals surface area contributed by atoms with Crippen LogP contribution in [0.15, 0.2) is 121 Å². The number of hydrogen-bond acceptors (Lipinski definition) is 0. The Morgan fingerprint density at radius 2 is 1.16 bits per heavy atom. The molecule has 1 heterocycles. The summed E-state index contributed by atoms with van der Waals surface area (Å²) in [5.41, 5.74) is 5.44. The van der Waals surface area contributed by atoms with Gasteiger partial charge in [0.05, 0.1) is 0 Å². The largest absolute Gasteiger partial charge is 0.113 e. The highest BCUT2D eigenvalue weighted by Gasteiger charge is 2.35. The molecule has 0 spiro atoms. The molecule has 0 saturated carbocycles. The lowest BCUT2D eigenvalue weighted by Crippen LogP contribution is -2.55. The molecule has 1 aliphatic rings. The van der Waals surface area contributed by atoms with E-state index < -0.39 is 8.07 Å². The summed E-state index contributed by atoms with van der Waals surface area (Å²) in [4.78, 5) is 0. The van der Waals surface area contributed by atoms with Crippen molar-refractivity contribution in [3.8, 4) is 22.3 Å². The molecule has 37 heavy (non-hydrogen) atoms. The Labute approximate surface area is 217 Å². The summed E-state index contributed by atoms with van der Waals surface area (Å²) in [6, 6.07) is 45.6. The lowest BCUT2D eigenvalue weighted by atomic mass is 9.88. The molecule has 0 N–H and O–H groups in total. The summed E-state index contributed by atoms with van der Waals surface area (Å²) in [5, 5.41) is 13.8. The summed E-state index contributed by atoms with van der Waals surface area (Å²) in [6.45, 7) is 5.02. The Balaban J connectivity index is 1.50. The molecule has 0 fully saturated rings. The Morgan fingerprint density at radius 1 is 0.432 bits per heavy atom. The highest BCUT2D eigenvalue weighted by atomic mass is 28.3. The van der Waals surface area contributed by atoms with Gasteiger partial charge < -0.3 is 0 Å². The predicted molar refractivity (Wildman–Crippen MR) is 164 cm³/mol. The van der Waals surface area contributed by atoms with E-state index in [9.17, 15) is 0 Å². The second-order valence-electron chi connectivity index (χ2n) is 10.9. The van der Waals surface area contributed by atoms with Crippen LogP contribution in [0.25, 0.3) is 65.3 Å². The van der Waals surface area contributed by atoms with Crippen LogP contribution in [-0.4, -0.2) is 8.07 Å². The maximum atomic E-state index is 2.51. The van der Waals surface area contributed by atoms with Gasteiger partial charge in [-0.05, 0) is 87.8 Å². The quantitative estimate of drug-likeness (QED) is 0.124. The maximum Gasteiger partial charge on any atom is 0.113 e. The number of fused-ring (bicyclic) bond motifs is 6. The molecule has 8 rings (SSSR count). The van der Waals surface area contributed by atoms with Crippen molar-refractivity contribution in [3.63, 3.8) is 0 Å². The smallest absolute Gasteiger partial charge is 0.0619 e. The van der Waals surface area contributed by atoms with E-state index in [1.807, 2.05) is 0 Å². The van der Waals surface area contributed by atoms with Crippen LogP contribution in [0.2, 0.25) is 13.1 Å². The number of hydrogen-bond donors (Lipinski definition) is 0. The lowest BCUT2D eigenvalue weighted by Gasteiger charge is -2.34. The average Bonchev–Trinajstić information content (AvgIpc) is 2.94. The summed E-state index contributed by atoms with van der Waals surface area (Å²) < 4.78 is 0. The zero-order valence-corrected chi connectivity index (χ0v) is 22.0. The molecule has 0 saturated heterocycles. The van der Waals surface area contributed by atoms with Gasteiger partial charge in [-0.15, -0.1) is 0 Å². The van der Waals surface area contributed by atoms with Gasteiger partial charge >= 0.3 is 0 Å². The van der Waals surface area contributed by atoms with Crippen LogP contribution in [0.5, 0.6) is 0 Å². The Bertz CT molecular complexity index is 2060. The van der Waals surface area contributed by atoms with E-state index in [4.69, 9.17) is 0 Å². The van der Waals surface area contributed by atoms with Crippen LogP contribution >= 0.6 is 0 Å². The molecule has 1 heteroatoms. The fraction of sp³-hybridized carbons (Fsp3) is 0.0556. The summed E-state index contributed by atoms with van der Waals surface area (Å²) in [6.07, 6.45) is 0. The van der Waals surface area contributed by atoms with Crippen molar-refractivity contribution in [2.45, 2.75) is 13.1 Å². The van der Waals surface area contributed by atoms with Crippen molar-refractivity contribution in [2.24, 2.45) is 0 Å². The van der Waals surface area contributed by atoms with Gasteiger partial charge in [0.25, 0.3) is 0 Å². The zero-order valence-electron chi connectivity index (χ0n) is 21.0. The molecular weight excluding hydrogens is 460 g/mol. The molecule has 0 unspecified atom stereocenters. The Morgan fingerprint density at radius 3 is 2.03 bits per heavy atom. The minimum atomic E-state index is -1.83. The van der Waals surface area contributed by atoms with Crippen LogP contribution in [0.4, 0.5) is 0 Å². The molecule has 7 aromatic carbocycles. The normalized spacial score (nSPS) is 13.9. The molecule has 174 valence electrons. The minimum absolute atomic E-state index is 1.29. The van der Waals surface area contributed by atoms with Crippen molar-refractivity contribution in [1.82, 2.24) is 0 Å². The third-order valence-corrected chi connectivity index (χ3v) is 12.2. The standard InChI is InChI=1S/C36H26Si/c1-37(2)33-20-18-26(22-32(33)29-15-7-11-24-12-8-16-34(37)36(24)29)35-28-14-6-4-10-25(28)21-31-27-13-5-3-9-23(27)17-19-30(31)35/h3-22H,1-2H3. The Hall–Kier alpha value is -4.20. The average molecular weight is 487 g/mol. The topological polar surface area (TPSA) is 0 Å². The SMILES string of the molecule is C[Si]1(C)c2ccc(-c3c4ccccc4cc4c3ccc3ccccc34)cc2-c2cccc3cccc1c23. The van der Waals surface area contributed by atoms with Crippen molar-refractivity contribution < 1.29 is 0 Å². The van der Waals surface area contributed by atoms with E-state index in [1.54, 1.807) is 5.19 Å². The molecule has 0 aliphatic carbocycles. The summed E-state index contributed by atoms with van der Waals surface area (Å²) >= 11 is 0. The lowest BCUT2D eigenvalue weighted by molar-refractivity contribution is 1.62. The van der Waals surface area contributed by atoms with Gasteiger partial charge in [0.15, 0.2) is 0 Å². The van der Waals surface area contributed by atoms with Gasteiger partial charge in [0.1, 0.15) is 8.07 Å². The van der Waals surface area contributed by atoms with Crippen LogP contribution in [0, 0.1) is 0 Å². The monoisotopic (exact) mass is 486 g/mol. The van der Waals surface area contributed by atoms with Crippen LogP contribution in [-0.2, 0) is 0 Å². The third kappa shape index (κ3) is 2.83. The van der Waals surface area contributed by atoms with Crippen molar-refractivity contribution in [2.75, 3.05) is 0 Å². The van der Waals surface area contributed by atoms with E-state index in [1.165, 1.54) is 70.5 Å². The second kappa shape index (κ2) is 7.41. The van der Waals surface area contributed by atoms with Gasteiger partial charge in [-0.1, -0.05) is 122 Å². The van der Waals surface area contributed by atoms with E-state index in [0.717, 1.165) is 0 Å². The molecule has 0 radical (unpaired) electrons.